The predicted molar refractivity (Wildman–Crippen MR) is 185 cm³/mol. The van der Waals surface area contributed by atoms with E-state index < -0.39 is 45.1 Å². The zero-order valence-corrected chi connectivity index (χ0v) is 30.1. The highest BCUT2D eigenvalue weighted by Crippen LogP contribution is 2.43. The molecule has 0 aliphatic carbocycles. The summed E-state index contributed by atoms with van der Waals surface area (Å²) < 4.78 is 33.1. The molecule has 0 aromatic carbocycles. The van der Waals surface area contributed by atoms with Crippen LogP contribution >= 0.6 is 7.82 Å². The molecule has 46 heavy (non-hydrogen) atoms. The summed E-state index contributed by atoms with van der Waals surface area (Å²) in [5.41, 5.74) is 5.32. The standard InChI is InChI=1S/C35H68NO9P/c1-3-5-7-9-11-13-14-15-16-17-18-19-21-23-25-27-34(37)45-32(30-43-46(40,41)44-31-33(36)35(38)39)29-42-28-26-24-22-20-12-10-8-6-4-2/h15-16,32-33H,3-14,17-31,36H2,1-2H3,(H,38,39)(H,40,41)/b16-15-. The van der Waals surface area contributed by atoms with Crippen molar-refractivity contribution in [2.75, 3.05) is 26.4 Å². The molecular weight excluding hydrogens is 609 g/mol. The second-order valence-corrected chi connectivity index (χ2v) is 13.8. The Bertz CT molecular complexity index is 796. The van der Waals surface area contributed by atoms with Gasteiger partial charge in [-0.3, -0.25) is 18.6 Å². The van der Waals surface area contributed by atoms with Crippen molar-refractivity contribution in [2.24, 2.45) is 5.73 Å². The first-order chi connectivity index (χ1) is 22.2. The molecule has 0 aromatic heterocycles. The Morgan fingerprint density at radius 1 is 0.674 bits per heavy atom. The van der Waals surface area contributed by atoms with Crippen LogP contribution in [0.5, 0.6) is 0 Å². The van der Waals surface area contributed by atoms with Crippen molar-refractivity contribution in [3.05, 3.63) is 12.2 Å². The van der Waals surface area contributed by atoms with Crippen LogP contribution in [0.3, 0.4) is 0 Å². The maximum absolute atomic E-state index is 12.5. The fraction of sp³-hybridized carbons (Fsp3) is 0.886. The molecule has 0 amide bonds. The lowest BCUT2D eigenvalue weighted by Gasteiger charge is -2.20. The van der Waals surface area contributed by atoms with Crippen LogP contribution in [0.15, 0.2) is 12.2 Å². The lowest BCUT2D eigenvalue weighted by Crippen LogP contribution is -2.34. The number of ether oxygens (including phenoxy) is 2. The van der Waals surface area contributed by atoms with Crippen molar-refractivity contribution >= 4 is 19.8 Å². The molecule has 0 aliphatic rings. The number of hydrogen-bond donors (Lipinski definition) is 3. The number of phosphoric acid groups is 1. The zero-order chi connectivity index (χ0) is 34.1. The minimum absolute atomic E-state index is 0.0176. The molecule has 0 saturated carbocycles. The number of hydrogen-bond acceptors (Lipinski definition) is 8. The number of phosphoric ester groups is 1. The molecule has 4 N–H and O–H groups in total. The number of aliphatic carboxylic acids is 1. The summed E-state index contributed by atoms with van der Waals surface area (Å²) in [4.78, 5) is 33.3. The van der Waals surface area contributed by atoms with E-state index in [1.54, 1.807) is 0 Å². The Kier molecular flexibility index (Phi) is 31.4. The van der Waals surface area contributed by atoms with E-state index in [2.05, 4.69) is 30.5 Å². The highest BCUT2D eigenvalue weighted by molar-refractivity contribution is 7.47. The van der Waals surface area contributed by atoms with Crippen LogP contribution in [0.2, 0.25) is 0 Å². The van der Waals surface area contributed by atoms with Crippen LogP contribution in [0.1, 0.15) is 162 Å². The average molecular weight is 678 g/mol. The van der Waals surface area contributed by atoms with Crippen molar-refractivity contribution in [3.63, 3.8) is 0 Å². The predicted octanol–water partition coefficient (Wildman–Crippen LogP) is 9.03. The number of esters is 1. The molecule has 0 aromatic rings. The molecule has 0 rings (SSSR count). The molecule has 0 bridgehead atoms. The number of allylic oxidation sites excluding steroid dienone is 2. The molecule has 0 saturated heterocycles. The van der Waals surface area contributed by atoms with Crippen molar-refractivity contribution in [1.82, 2.24) is 0 Å². The first-order valence-corrected chi connectivity index (χ1v) is 19.7. The van der Waals surface area contributed by atoms with E-state index >= 15 is 0 Å². The van der Waals surface area contributed by atoms with E-state index in [1.807, 2.05) is 0 Å². The molecule has 0 heterocycles. The summed E-state index contributed by atoms with van der Waals surface area (Å²) in [6.07, 6.45) is 29.8. The summed E-state index contributed by atoms with van der Waals surface area (Å²) in [7, 11) is -4.60. The number of unbranched alkanes of at least 4 members (excludes halogenated alkanes) is 19. The maximum atomic E-state index is 12.5. The minimum atomic E-state index is -4.60. The molecule has 3 unspecified atom stereocenters. The molecule has 0 fully saturated rings. The van der Waals surface area contributed by atoms with Gasteiger partial charge in [0.05, 0.1) is 19.8 Å². The van der Waals surface area contributed by atoms with E-state index in [9.17, 15) is 19.0 Å². The summed E-state index contributed by atoms with van der Waals surface area (Å²) in [5.74, 6) is -1.79. The number of rotatable bonds is 35. The number of carbonyl (C=O) groups is 2. The summed E-state index contributed by atoms with van der Waals surface area (Å²) in [6.45, 7) is 3.84. The Hall–Kier alpha value is -1.29. The van der Waals surface area contributed by atoms with Crippen molar-refractivity contribution in [2.45, 2.75) is 174 Å². The fourth-order valence-electron chi connectivity index (χ4n) is 4.89. The Morgan fingerprint density at radius 3 is 1.65 bits per heavy atom. The van der Waals surface area contributed by atoms with Crippen molar-refractivity contribution in [1.29, 1.82) is 0 Å². The van der Waals surface area contributed by atoms with Gasteiger partial charge in [0, 0.05) is 13.0 Å². The summed E-state index contributed by atoms with van der Waals surface area (Å²) >= 11 is 0. The third-order valence-corrected chi connectivity index (χ3v) is 8.75. The first kappa shape index (κ1) is 44.7. The first-order valence-electron chi connectivity index (χ1n) is 18.2. The second-order valence-electron chi connectivity index (χ2n) is 12.4. The topological polar surface area (TPSA) is 155 Å². The minimum Gasteiger partial charge on any atom is -0.480 e. The van der Waals surface area contributed by atoms with Crippen LogP contribution < -0.4 is 5.73 Å². The summed E-state index contributed by atoms with van der Waals surface area (Å²) in [5, 5.41) is 8.84. The van der Waals surface area contributed by atoms with Gasteiger partial charge >= 0.3 is 19.8 Å². The van der Waals surface area contributed by atoms with E-state index in [0.29, 0.717) is 13.0 Å². The quantitative estimate of drug-likeness (QED) is 0.0256. The van der Waals surface area contributed by atoms with Gasteiger partial charge in [-0.05, 0) is 38.5 Å². The molecule has 3 atom stereocenters. The second kappa shape index (κ2) is 32.3. The van der Waals surface area contributed by atoms with Gasteiger partial charge in [0.2, 0.25) is 0 Å². The van der Waals surface area contributed by atoms with Crippen LogP contribution in [0.25, 0.3) is 0 Å². The largest absolute Gasteiger partial charge is 0.480 e. The lowest BCUT2D eigenvalue weighted by atomic mass is 10.1. The van der Waals surface area contributed by atoms with E-state index in [0.717, 1.165) is 51.4 Å². The molecule has 10 nitrogen and oxygen atoms in total. The van der Waals surface area contributed by atoms with Gasteiger partial charge in [0.15, 0.2) is 0 Å². The Morgan fingerprint density at radius 2 is 1.13 bits per heavy atom. The number of carboxylic acid groups (broad SMARTS) is 1. The molecule has 0 aliphatic heterocycles. The molecular formula is C35H68NO9P. The van der Waals surface area contributed by atoms with E-state index in [4.69, 9.17) is 24.8 Å². The Labute approximate surface area is 280 Å². The number of carboxylic acids is 1. The highest BCUT2D eigenvalue weighted by atomic mass is 31.2. The van der Waals surface area contributed by atoms with Gasteiger partial charge < -0.3 is 25.2 Å². The van der Waals surface area contributed by atoms with Crippen LogP contribution in [0.4, 0.5) is 0 Å². The smallest absolute Gasteiger partial charge is 0.472 e. The van der Waals surface area contributed by atoms with E-state index in [-0.39, 0.29) is 13.0 Å². The van der Waals surface area contributed by atoms with Crippen LogP contribution in [0, 0.1) is 0 Å². The normalized spacial score (nSPS) is 14.3. The molecule has 11 heteroatoms. The zero-order valence-electron chi connectivity index (χ0n) is 29.2. The summed E-state index contributed by atoms with van der Waals surface area (Å²) in [6, 6.07) is -1.47. The van der Waals surface area contributed by atoms with Gasteiger partial charge in [0.25, 0.3) is 0 Å². The SMILES string of the molecule is CCCCCCCC/C=C\CCCCCCCC(=O)OC(COCCCCCCCCCCC)COP(=O)(O)OCC(N)C(=O)O. The number of nitrogens with two attached hydrogens (primary N) is 1. The van der Waals surface area contributed by atoms with Crippen molar-refractivity contribution < 1.29 is 42.7 Å². The highest BCUT2D eigenvalue weighted by Gasteiger charge is 2.27. The van der Waals surface area contributed by atoms with Gasteiger partial charge in [0.1, 0.15) is 12.1 Å². The Balaban J connectivity index is 4.30. The maximum Gasteiger partial charge on any atom is 0.472 e. The average Bonchev–Trinajstić information content (AvgIpc) is 3.03. The lowest BCUT2D eigenvalue weighted by molar-refractivity contribution is -0.154. The van der Waals surface area contributed by atoms with Gasteiger partial charge in [-0.2, -0.15) is 0 Å². The van der Waals surface area contributed by atoms with E-state index in [1.165, 1.54) is 83.5 Å². The molecule has 0 spiro atoms. The number of carbonyl (C=O) groups excluding carboxylic acids is 1. The third-order valence-electron chi connectivity index (χ3n) is 7.79. The van der Waals surface area contributed by atoms with Crippen molar-refractivity contribution in [3.8, 4) is 0 Å². The molecule has 0 radical (unpaired) electrons. The van der Waals surface area contributed by atoms with Gasteiger partial charge in [-0.15, -0.1) is 0 Å². The van der Waals surface area contributed by atoms with Gasteiger partial charge in [-0.25, -0.2) is 4.57 Å². The third kappa shape index (κ3) is 31.3. The molecule has 272 valence electrons. The van der Waals surface area contributed by atoms with Gasteiger partial charge in [-0.1, -0.05) is 129 Å². The van der Waals surface area contributed by atoms with Crippen LogP contribution in [-0.4, -0.2) is 60.5 Å². The monoisotopic (exact) mass is 677 g/mol. The van der Waals surface area contributed by atoms with Crippen LogP contribution in [-0.2, 0) is 32.7 Å². The fourth-order valence-corrected chi connectivity index (χ4v) is 5.67.